The second kappa shape index (κ2) is 5.54. The SMILES string of the molecule is CCN1CCN(c2ccc(C(C)C)cc2)CC1. The van der Waals surface area contributed by atoms with Crippen molar-refractivity contribution in [1.29, 1.82) is 0 Å². The van der Waals surface area contributed by atoms with Crippen molar-refractivity contribution in [2.24, 2.45) is 0 Å². The van der Waals surface area contributed by atoms with E-state index in [0.717, 1.165) is 13.1 Å². The highest BCUT2D eigenvalue weighted by Crippen LogP contribution is 2.21. The summed E-state index contributed by atoms with van der Waals surface area (Å²) >= 11 is 0. The molecule has 1 aliphatic heterocycles. The molecule has 94 valence electrons. The van der Waals surface area contributed by atoms with Gasteiger partial charge in [0, 0.05) is 31.9 Å². The third-order valence-corrected chi connectivity index (χ3v) is 3.74. The Morgan fingerprint density at radius 2 is 1.59 bits per heavy atom. The van der Waals surface area contributed by atoms with E-state index in [1.807, 2.05) is 0 Å². The van der Waals surface area contributed by atoms with E-state index in [0.29, 0.717) is 5.92 Å². The summed E-state index contributed by atoms with van der Waals surface area (Å²) in [6.45, 7) is 12.6. The summed E-state index contributed by atoms with van der Waals surface area (Å²) in [6, 6.07) is 9.09. The molecule has 2 nitrogen and oxygen atoms in total. The van der Waals surface area contributed by atoms with E-state index in [-0.39, 0.29) is 0 Å². The van der Waals surface area contributed by atoms with Crippen LogP contribution in [0, 0.1) is 0 Å². The van der Waals surface area contributed by atoms with E-state index in [1.54, 1.807) is 0 Å². The number of hydrogen-bond acceptors (Lipinski definition) is 2. The maximum absolute atomic E-state index is 2.51. The van der Waals surface area contributed by atoms with Gasteiger partial charge in [0.1, 0.15) is 0 Å². The highest BCUT2D eigenvalue weighted by atomic mass is 15.3. The molecule has 0 bridgehead atoms. The Hall–Kier alpha value is -1.02. The number of piperazine rings is 1. The van der Waals surface area contributed by atoms with Gasteiger partial charge >= 0.3 is 0 Å². The van der Waals surface area contributed by atoms with Crippen molar-refractivity contribution >= 4 is 5.69 Å². The van der Waals surface area contributed by atoms with Crippen LogP contribution in [0.15, 0.2) is 24.3 Å². The summed E-state index contributed by atoms with van der Waals surface area (Å²) in [5.74, 6) is 0.626. The lowest BCUT2D eigenvalue weighted by atomic mass is 10.0. The summed E-state index contributed by atoms with van der Waals surface area (Å²) in [5, 5.41) is 0. The fourth-order valence-electron chi connectivity index (χ4n) is 2.39. The first-order chi connectivity index (χ1) is 8.20. The molecule has 1 heterocycles. The van der Waals surface area contributed by atoms with Crippen LogP contribution in [0.5, 0.6) is 0 Å². The first kappa shape index (κ1) is 12.4. The number of hydrogen-bond donors (Lipinski definition) is 0. The van der Waals surface area contributed by atoms with Gasteiger partial charge in [-0.05, 0) is 30.2 Å². The number of likely N-dealkylation sites (N-methyl/N-ethyl adjacent to an activating group) is 1. The lowest BCUT2D eigenvalue weighted by Crippen LogP contribution is -2.46. The maximum atomic E-state index is 2.51. The third-order valence-electron chi connectivity index (χ3n) is 3.74. The van der Waals surface area contributed by atoms with Crippen LogP contribution in [0.2, 0.25) is 0 Å². The van der Waals surface area contributed by atoms with Crippen LogP contribution >= 0.6 is 0 Å². The zero-order valence-corrected chi connectivity index (χ0v) is 11.3. The molecule has 0 amide bonds. The van der Waals surface area contributed by atoms with Gasteiger partial charge in [0.2, 0.25) is 0 Å². The maximum Gasteiger partial charge on any atom is 0.0367 e. The summed E-state index contributed by atoms with van der Waals surface area (Å²) in [4.78, 5) is 5.01. The number of anilines is 1. The summed E-state index contributed by atoms with van der Waals surface area (Å²) in [6.07, 6.45) is 0. The van der Waals surface area contributed by atoms with Gasteiger partial charge in [-0.1, -0.05) is 32.9 Å². The van der Waals surface area contributed by atoms with Crippen LogP contribution in [-0.4, -0.2) is 37.6 Å². The number of nitrogens with zero attached hydrogens (tertiary/aromatic N) is 2. The Bertz CT molecular complexity index is 334. The first-order valence-electron chi connectivity index (χ1n) is 6.78. The second-order valence-electron chi connectivity index (χ2n) is 5.17. The Kier molecular flexibility index (Phi) is 4.06. The molecule has 1 aromatic carbocycles. The van der Waals surface area contributed by atoms with Gasteiger partial charge < -0.3 is 9.80 Å². The molecule has 2 heteroatoms. The quantitative estimate of drug-likeness (QED) is 0.790. The number of rotatable bonds is 3. The molecule has 0 radical (unpaired) electrons. The van der Waals surface area contributed by atoms with Gasteiger partial charge in [-0.25, -0.2) is 0 Å². The Morgan fingerprint density at radius 1 is 1.00 bits per heavy atom. The van der Waals surface area contributed by atoms with E-state index >= 15 is 0 Å². The van der Waals surface area contributed by atoms with Crippen molar-refractivity contribution in [2.45, 2.75) is 26.7 Å². The average Bonchev–Trinajstić information content (AvgIpc) is 2.39. The number of benzene rings is 1. The third kappa shape index (κ3) is 3.01. The second-order valence-corrected chi connectivity index (χ2v) is 5.17. The van der Waals surface area contributed by atoms with Crippen LogP contribution < -0.4 is 4.90 Å². The van der Waals surface area contributed by atoms with Gasteiger partial charge in [0.05, 0.1) is 0 Å². The van der Waals surface area contributed by atoms with E-state index in [1.165, 1.54) is 30.9 Å². The van der Waals surface area contributed by atoms with Crippen LogP contribution in [-0.2, 0) is 0 Å². The Labute approximate surface area is 105 Å². The summed E-state index contributed by atoms with van der Waals surface area (Å²) < 4.78 is 0. The van der Waals surface area contributed by atoms with Crippen molar-refractivity contribution in [1.82, 2.24) is 4.90 Å². The minimum absolute atomic E-state index is 0.626. The zero-order chi connectivity index (χ0) is 12.3. The van der Waals surface area contributed by atoms with E-state index in [2.05, 4.69) is 54.8 Å². The largest absolute Gasteiger partial charge is 0.369 e. The van der Waals surface area contributed by atoms with Gasteiger partial charge in [-0.2, -0.15) is 0 Å². The van der Waals surface area contributed by atoms with E-state index < -0.39 is 0 Å². The molecule has 0 saturated carbocycles. The molecular formula is C15H24N2. The van der Waals surface area contributed by atoms with Crippen molar-refractivity contribution in [3.63, 3.8) is 0 Å². The monoisotopic (exact) mass is 232 g/mol. The molecule has 0 spiro atoms. The van der Waals surface area contributed by atoms with E-state index in [4.69, 9.17) is 0 Å². The molecule has 0 aromatic heterocycles. The normalized spacial score (nSPS) is 17.8. The molecule has 0 aliphatic carbocycles. The Balaban J connectivity index is 1.99. The van der Waals surface area contributed by atoms with E-state index in [9.17, 15) is 0 Å². The first-order valence-corrected chi connectivity index (χ1v) is 6.78. The van der Waals surface area contributed by atoms with Crippen molar-refractivity contribution in [3.8, 4) is 0 Å². The van der Waals surface area contributed by atoms with Crippen LogP contribution in [0.1, 0.15) is 32.3 Å². The summed E-state index contributed by atoms with van der Waals surface area (Å²) in [5.41, 5.74) is 2.81. The van der Waals surface area contributed by atoms with Crippen LogP contribution in [0.25, 0.3) is 0 Å². The lowest BCUT2D eigenvalue weighted by molar-refractivity contribution is 0.271. The molecular weight excluding hydrogens is 208 g/mol. The van der Waals surface area contributed by atoms with Crippen molar-refractivity contribution in [2.75, 3.05) is 37.6 Å². The highest BCUT2D eigenvalue weighted by Gasteiger charge is 2.15. The Morgan fingerprint density at radius 3 is 2.06 bits per heavy atom. The topological polar surface area (TPSA) is 6.48 Å². The fraction of sp³-hybridized carbons (Fsp3) is 0.600. The predicted octanol–water partition coefficient (Wildman–Crippen LogP) is 2.95. The molecule has 0 unspecified atom stereocenters. The van der Waals surface area contributed by atoms with Gasteiger partial charge in [-0.15, -0.1) is 0 Å². The minimum Gasteiger partial charge on any atom is -0.369 e. The molecule has 1 fully saturated rings. The van der Waals surface area contributed by atoms with Crippen molar-refractivity contribution in [3.05, 3.63) is 29.8 Å². The van der Waals surface area contributed by atoms with Crippen LogP contribution in [0.4, 0.5) is 5.69 Å². The summed E-state index contributed by atoms with van der Waals surface area (Å²) in [7, 11) is 0. The molecule has 0 atom stereocenters. The molecule has 2 rings (SSSR count). The smallest absolute Gasteiger partial charge is 0.0367 e. The fourth-order valence-corrected chi connectivity index (χ4v) is 2.39. The molecule has 1 aliphatic rings. The average molecular weight is 232 g/mol. The molecule has 1 aromatic rings. The van der Waals surface area contributed by atoms with Gasteiger partial charge in [0.25, 0.3) is 0 Å². The molecule has 1 saturated heterocycles. The molecule has 0 N–H and O–H groups in total. The zero-order valence-electron chi connectivity index (χ0n) is 11.3. The van der Waals surface area contributed by atoms with Crippen molar-refractivity contribution < 1.29 is 0 Å². The highest BCUT2D eigenvalue weighted by molar-refractivity contribution is 5.48. The van der Waals surface area contributed by atoms with Gasteiger partial charge in [0.15, 0.2) is 0 Å². The molecule has 17 heavy (non-hydrogen) atoms. The van der Waals surface area contributed by atoms with Gasteiger partial charge in [-0.3, -0.25) is 0 Å². The minimum atomic E-state index is 0.626. The predicted molar refractivity (Wildman–Crippen MR) is 74.9 cm³/mol. The standard InChI is InChI=1S/C15H24N2/c1-4-16-9-11-17(12-10-16)15-7-5-14(6-8-15)13(2)3/h5-8,13H,4,9-12H2,1-3H3. The lowest BCUT2D eigenvalue weighted by Gasteiger charge is -2.35. The van der Waals surface area contributed by atoms with Crippen LogP contribution in [0.3, 0.4) is 0 Å².